The summed E-state index contributed by atoms with van der Waals surface area (Å²) < 4.78 is 0. The van der Waals surface area contributed by atoms with Crippen LogP contribution in [-0.2, 0) is 9.59 Å². The van der Waals surface area contributed by atoms with Crippen LogP contribution in [-0.4, -0.2) is 35.0 Å². The third-order valence-electron chi connectivity index (χ3n) is 3.09. The Balaban J connectivity index is 2.00. The number of hydrogen-bond acceptors (Lipinski definition) is 2. The van der Waals surface area contributed by atoms with Gasteiger partial charge in [-0.05, 0) is 31.1 Å². The highest BCUT2D eigenvalue weighted by Gasteiger charge is 2.46. The Morgan fingerprint density at radius 2 is 1.92 bits per heavy atom. The van der Waals surface area contributed by atoms with Crippen molar-refractivity contribution in [2.75, 3.05) is 13.1 Å². The average molecular weight is 183 g/mol. The second-order valence-electron chi connectivity index (χ2n) is 4.14. The van der Waals surface area contributed by atoms with Gasteiger partial charge in [-0.3, -0.25) is 4.79 Å². The number of hydrogen-bond donors (Lipinski definition) is 1. The molecule has 0 radical (unpaired) electrons. The van der Waals surface area contributed by atoms with Crippen molar-refractivity contribution in [3.8, 4) is 0 Å². The van der Waals surface area contributed by atoms with Gasteiger partial charge in [-0.15, -0.1) is 0 Å². The Hall–Kier alpha value is -1.06. The number of carboxylic acid groups (broad SMARTS) is 1. The minimum absolute atomic E-state index is 0.309. The monoisotopic (exact) mass is 183 g/mol. The Kier molecular flexibility index (Phi) is 1.78. The van der Waals surface area contributed by atoms with E-state index in [9.17, 15) is 9.59 Å². The van der Waals surface area contributed by atoms with E-state index in [0.717, 1.165) is 25.7 Å². The summed E-state index contributed by atoms with van der Waals surface area (Å²) in [5, 5.41) is 8.53. The molecule has 0 aromatic rings. The lowest BCUT2D eigenvalue weighted by molar-refractivity contribution is -0.157. The molecule has 0 aromatic carbocycles. The molecule has 1 N–H and O–H groups in total. The third kappa shape index (κ3) is 1.53. The van der Waals surface area contributed by atoms with Gasteiger partial charge in [0.05, 0.1) is 0 Å². The van der Waals surface area contributed by atoms with E-state index in [2.05, 4.69) is 0 Å². The molecule has 13 heavy (non-hydrogen) atoms. The minimum atomic E-state index is -1.32. The summed E-state index contributed by atoms with van der Waals surface area (Å²) in [4.78, 5) is 23.1. The topological polar surface area (TPSA) is 57.6 Å². The van der Waals surface area contributed by atoms with Gasteiger partial charge in [0.2, 0.25) is 0 Å². The van der Waals surface area contributed by atoms with Crippen LogP contribution < -0.4 is 0 Å². The van der Waals surface area contributed by atoms with Crippen LogP contribution >= 0.6 is 0 Å². The third-order valence-corrected chi connectivity index (χ3v) is 3.09. The van der Waals surface area contributed by atoms with Crippen LogP contribution in [0.15, 0.2) is 0 Å². The summed E-state index contributed by atoms with van der Waals surface area (Å²) in [5.41, 5.74) is 0.309. The molecule has 0 bridgehead atoms. The zero-order valence-electron chi connectivity index (χ0n) is 7.45. The standard InChI is InChI=1S/C9H13NO3/c11-7(8(12)13)10-5-1-2-9(6-10)3-4-9/h1-6H2,(H,12,13). The summed E-state index contributed by atoms with van der Waals surface area (Å²) in [5.74, 6) is -2.05. The van der Waals surface area contributed by atoms with Crippen molar-refractivity contribution in [2.24, 2.45) is 5.41 Å². The Bertz CT molecular complexity index is 258. The molecule has 1 saturated heterocycles. The molecule has 72 valence electrons. The first-order valence-electron chi connectivity index (χ1n) is 4.65. The summed E-state index contributed by atoms with van der Waals surface area (Å²) in [6.07, 6.45) is 4.45. The predicted molar refractivity (Wildman–Crippen MR) is 45.1 cm³/mol. The maximum Gasteiger partial charge on any atom is 0.394 e. The molecule has 1 aliphatic heterocycles. The largest absolute Gasteiger partial charge is 0.474 e. The fraction of sp³-hybridized carbons (Fsp3) is 0.778. The van der Waals surface area contributed by atoms with Crippen LogP contribution in [0.2, 0.25) is 0 Å². The Labute approximate surface area is 76.5 Å². The van der Waals surface area contributed by atoms with E-state index in [0.29, 0.717) is 18.5 Å². The van der Waals surface area contributed by atoms with Crippen molar-refractivity contribution in [1.82, 2.24) is 4.90 Å². The quantitative estimate of drug-likeness (QED) is 0.555. The van der Waals surface area contributed by atoms with E-state index < -0.39 is 11.9 Å². The molecule has 1 aliphatic carbocycles. The van der Waals surface area contributed by atoms with Gasteiger partial charge in [-0.1, -0.05) is 0 Å². The lowest BCUT2D eigenvalue weighted by Crippen LogP contribution is -2.43. The number of piperidine rings is 1. The zero-order chi connectivity index (χ0) is 9.47. The molecule has 2 fully saturated rings. The van der Waals surface area contributed by atoms with Crippen LogP contribution in [0, 0.1) is 5.41 Å². The summed E-state index contributed by atoms with van der Waals surface area (Å²) >= 11 is 0. The molecule has 4 nitrogen and oxygen atoms in total. The number of amides is 1. The molecule has 1 spiro atoms. The van der Waals surface area contributed by atoms with Crippen molar-refractivity contribution in [3.63, 3.8) is 0 Å². The van der Waals surface area contributed by atoms with Gasteiger partial charge in [-0.2, -0.15) is 0 Å². The van der Waals surface area contributed by atoms with Gasteiger partial charge in [0.25, 0.3) is 0 Å². The van der Waals surface area contributed by atoms with Gasteiger partial charge < -0.3 is 10.0 Å². The highest BCUT2D eigenvalue weighted by Crippen LogP contribution is 2.51. The van der Waals surface area contributed by atoms with Crippen molar-refractivity contribution >= 4 is 11.9 Å². The van der Waals surface area contributed by atoms with Gasteiger partial charge in [0, 0.05) is 13.1 Å². The van der Waals surface area contributed by atoms with E-state index in [4.69, 9.17) is 5.11 Å². The van der Waals surface area contributed by atoms with Crippen molar-refractivity contribution in [1.29, 1.82) is 0 Å². The molecule has 1 heterocycles. The second kappa shape index (κ2) is 2.72. The normalized spacial score (nSPS) is 24.5. The maximum absolute atomic E-state index is 11.1. The second-order valence-corrected chi connectivity index (χ2v) is 4.14. The Morgan fingerprint density at radius 3 is 2.46 bits per heavy atom. The molecule has 1 amide bonds. The van der Waals surface area contributed by atoms with Crippen molar-refractivity contribution in [3.05, 3.63) is 0 Å². The lowest BCUT2D eigenvalue weighted by atomic mass is 9.95. The van der Waals surface area contributed by atoms with E-state index >= 15 is 0 Å². The van der Waals surface area contributed by atoms with Crippen LogP contribution in [0.1, 0.15) is 25.7 Å². The first kappa shape index (κ1) is 8.53. The first-order chi connectivity index (χ1) is 6.13. The highest BCUT2D eigenvalue weighted by atomic mass is 16.4. The number of carbonyl (C=O) groups is 2. The summed E-state index contributed by atoms with van der Waals surface area (Å²) in [6.45, 7) is 1.28. The van der Waals surface area contributed by atoms with Gasteiger partial charge >= 0.3 is 11.9 Å². The fourth-order valence-corrected chi connectivity index (χ4v) is 2.10. The molecule has 2 rings (SSSR count). The predicted octanol–water partition coefficient (Wildman–Crippen LogP) is 0.474. The molecule has 1 saturated carbocycles. The van der Waals surface area contributed by atoms with E-state index in [1.165, 1.54) is 4.90 Å². The number of carboxylic acids is 1. The zero-order valence-corrected chi connectivity index (χ0v) is 7.45. The molecule has 0 aromatic heterocycles. The van der Waals surface area contributed by atoms with Crippen LogP contribution in [0.5, 0.6) is 0 Å². The van der Waals surface area contributed by atoms with E-state index in [-0.39, 0.29) is 0 Å². The number of likely N-dealkylation sites (tertiary alicyclic amines) is 1. The fourth-order valence-electron chi connectivity index (χ4n) is 2.10. The molecule has 4 heteroatoms. The summed E-state index contributed by atoms with van der Waals surface area (Å²) in [6, 6.07) is 0. The number of rotatable bonds is 0. The SMILES string of the molecule is O=C(O)C(=O)N1CCCC2(CC2)C1. The van der Waals surface area contributed by atoms with Crippen molar-refractivity contribution in [2.45, 2.75) is 25.7 Å². The Morgan fingerprint density at radius 1 is 1.23 bits per heavy atom. The van der Waals surface area contributed by atoms with Gasteiger partial charge in [0.15, 0.2) is 0 Å². The van der Waals surface area contributed by atoms with Crippen molar-refractivity contribution < 1.29 is 14.7 Å². The first-order valence-corrected chi connectivity index (χ1v) is 4.65. The number of aliphatic carboxylic acids is 1. The number of carbonyl (C=O) groups excluding carboxylic acids is 1. The maximum atomic E-state index is 11.1. The highest BCUT2D eigenvalue weighted by molar-refractivity contribution is 6.31. The summed E-state index contributed by atoms with van der Waals surface area (Å²) in [7, 11) is 0. The molecular weight excluding hydrogens is 170 g/mol. The van der Waals surface area contributed by atoms with E-state index in [1.54, 1.807) is 0 Å². The van der Waals surface area contributed by atoms with Gasteiger partial charge in [-0.25, -0.2) is 4.79 Å². The smallest absolute Gasteiger partial charge is 0.394 e. The lowest BCUT2D eigenvalue weighted by Gasteiger charge is -2.31. The van der Waals surface area contributed by atoms with Gasteiger partial charge in [0.1, 0.15) is 0 Å². The van der Waals surface area contributed by atoms with E-state index in [1.807, 2.05) is 0 Å². The number of nitrogens with zero attached hydrogens (tertiary/aromatic N) is 1. The minimum Gasteiger partial charge on any atom is -0.474 e. The van der Waals surface area contributed by atoms with Crippen LogP contribution in [0.4, 0.5) is 0 Å². The average Bonchev–Trinajstić information content (AvgIpc) is 2.83. The molecule has 0 unspecified atom stereocenters. The molecular formula is C9H13NO3. The molecule has 0 atom stereocenters. The van der Waals surface area contributed by atoms with Crippen LogP contribution in [0.25, 0.3) is 0 Å². The van der Waals surface area contributed by atoms with Crippen LogP contribution in [0.3, 0.4) is 0 Å². The molecule has 2 aliphatic rings.